The molecule has 0 saturated carbocycles. The van der Waals surface area contributed by atoms with E-state index < -0.39 is 0 Å². The second-order valence-corrected chi connectivity index (χ2v) is 3.31. The molecule has 0 radical (unpaired) electrons. The van der Waals surface area contributed by atoms with Crippen molar-refractivity contribution >= 4 is 12.0 Å². The van der Waals surface area contributed by atoms with Crippen molar-refractivity contribution in [2.75, 3.05) is 6.54 Å². The van der Waals surface area contributed by atoms with Gasteiger partial charge in [-0.1, -0.05) is 42.0 Å². The Hall–Kier alpha value is -1.57. The number of hydrogen-bond donors (Lipinski definition) is 1. The summed E-state index contributed by atoms with van der Waals surface area (Å²) in [5.41, 5.74) is 2.31. The van der Waals surface area contributed by atoms with Crippen LogP contribution in [0.1, 0.15) is 19.4 Å². The highest BCUT2D eigenvalue weighted by molar-refractivity contribution is 5.73. The quantitative estimate of drug-likeness (QED) is 0.776. The Balaban J connectivity index is 2.56. The van der Waals surface area contributed by atoms with Crippen molar-refractivity contribution in [3.63, 3.8) is 0 Å². The molecule has 1 aromatic rings. The molecule has 0 saturated heterocycles. The Morgan fingerprint density at radius 1 is 1.29 bits per heavy atom. The van der Waals surface area contributed by atoms with Gasteiger partial charge in [-0.25, -0.2) is 0 Å². The van der Waals surface area contributed by atoms with Crippen LogP contribution >= 0.6 is 0 Å². The largest absolute Gasteiger partial charge is 0.353 e. The molecule has 1 aromatic carbocycles. The van der Waals surface area contributed by atoms with Gasteiger partial charge in [0.15, 0.2) is 0 Å². The van der Waals surface area contributed by atoms with Gasteiger partial charge in [-0.05, 0) is 12.5 Å². The van der Waals surface area contributed by atoms with E-state index in [0.29, 0.717) is 6.54 Å². The van der Waals surface area contributed by atoms with E-state index in [1.54, 1.807) is 0 Å². The number of amides is 1. The molecule has 0 atom stereocenters. The summed E-state index contributed by atoms with van der Waals surface area (Å²) in [6.45, 7) is 4.14. The van der Waals surface area contributed by atoms with E-state index in [1.807, 2.05) is 37.3 Å². The fourth-order valence-corrected chi connectivity index (χ4v) is 1.15. The molecule has 0 aliphatic carbocycles. The summed E-state index contributed by atoms with van der Waals surface area (Å²) in [6.07, 6.45) is 2.07. The molecular formula is C12H15NO. The van der Waals surface area contributed by atoms with Gasteiger partial charge in [0.2, 0.25) is 5.91 Å². The van der Waals surface area contributed by atoms with Gasteiger partial charge >= 0.3 is 0 Å². The molecule has 74 valence electrons. The van der Waals surface area contributed by atoms with Crippen LogP contribution in [0.3, 0.4) is 0 Å². The lowest BCUT2D eigenvalue weighted by atomic mass is 10.1. The van der Waals surface area contributed by atoms with Gasteiger partial charge in [0.05, 0.1) is 0 Å². The van der Waals surface area contributed by atoms with Crippen molar-refractivity contribution in [2.24, 2.45) is 0 Å². The van der Waals surface area contributed by atoms with Gasteiger partial charge in [0, 0.05) is 13.5 Å². The minimum atomic E-state index is 0.00538. The fourth-order valence-electron chi connectivity index (χ4n) is 1.15. The molecule has 2 nitrogen and oxygen atoms in total. The number of hydrogen-bond acceptors (Lipinski definition) is 1. The predicted molar refractivity (Wildman–Crippen MR) is 58.8 cm³/mol. The third-order valence-electron chi connectivity index (χ3n) is 1.83. The third kappa shape index (κ3) is 3.90. The Bertz CT molecular complexity index is 327. The molecule has 0 heterocycles. The smallest absolute Gasteiger partial charge is 0.217 e. The topological polar surface area (TPSA) is 29.1 Å². The predicted octanol–water partition coefficient (Wildman–Crippen LogP) is 2.23. The van der Waals surface area contributed by atoms with E-state index in [9.17, 15) is 4.79 Å². The molecule has 0 aliphatic rings. The van der Waals surface area contributed by atoms with Crippen molar-refractivity contribution in [1.29, 1.82) is 0 Å². The first-order valence-electron chi connectivity index (χ1n) is 4.65. The molecule has 14 heavy (non-hydrogen) atoms. The molecule has 0 spiro atoms. The van der Waals surface area contributed by atoms with Gasteiger partial charge in [-0.3, -0.25) is 4.79 Å². The monoisotopic (exact) mass is 189 g/mol. The van der Waals surface area contributed by atoms with Gasteiger partial charge in [0.25, 0.3) is 0 Å². The first kappa shape index (κ1) is 10.5. The second-order valence-electron chi connectivity index (χ2n) is 3.31. The SMILES string of the molecule is CC(=O)NC/C(C)=C\c1ccccc1. The number of rotatable bonds is 3. The second kappa shape index (κ2) is 5.22. The first-order valence-corrected chi connectivity index (χ1v) is 4.65. The summed E-state index contributed by atoms with van der Waals surface area (Å²) >= 11 is 0. The summed E-state index contributed by atoms with van der Waals surface area (Å²) in [4.78, 5) is 10.7. The van der Waals surface area contributed by atoms with Crippen LogP contribution in [-0.2, 0) is 4.79 Å². The van der Waals surface area contributed by atoms with Crippen molar-refractivity contribution < 1.29 is 4.79 Å². The van der Waals surface area contributed by atoms with Crippen LogP contribution in [0.25, 0.3) is 6.08 Å². The Morgan fingerprint density at radius 3 is 2.50 bits per heavy atom. The van der Waals surface area contributed by atoms with E-state index in [4.69, 9.17) is 0 Å². The lowest BCUT2D eigenvalue weighted by Gasteiger charge is -2.02. The highest BCUT2D eigenvalue weighted by Gasteiger charge is 1.92. The van der Waals surface area contributed by atoms with Crippen molar-refractivity contribution in [2.45, 2.75) is 13.8 Å². The number of carbonyl (C=O) groups is 1. The molecule has 0 unspecified atom stereocenters. The van der Waals surface area contributed by atoms with E-state index in [1.165, 1.54) is 6.92 Å². The minimum Gasteiger partial charge on any atom is -0.353 e. The highest BCUT2D eigenvalue weighted by Crippen LogP contribution is 2.04. The molecule has 0 fully saturated rings. The van der Waals surface area contributed by atoms with Crippen LogP contribution in [0.5, 0.6) is 0 Å². The van der Waals surface area contributed by atoms with Gasteiger partial charge in [-0.15, -0.1) is 0 Å². The molecular weight excluding hydrogens is 174 g/mol. The Labute approximate surface area is 84.6 Å². The molecule has 1 amide bonds. The lowest BCUT2D eigenvalue weighted by molar-refractivity contribution is -0.118. The molecule has 1 N–H and O–H groups in total. The van der Waals surface area contributed by atoms with E-state index >= 15 is 0 Å². The fraction of sp³-hybridized carbons (Fsp3) is 0.250. The van der Waals surface area contributed by atoms with Crippen LogP contribution in [0.4, 0.5) is 0 Å². The first-order chi connectivity index (χ1) is 6.68. The maximum absolute atomic E-state index is 10.7. The van der Waals surface area contributed by atoms with Crippen LogP contribution in [0.15, 0.2) is 35.9 Å². The van der Waals surface area contributed by atoms with Gasteiger partial charge in [-0.2, -0.15) is 0 Å². The Kier molecular flexibility index (Phi) is 3.92. The third-order valence-corrected chi connectivity index (χ3v) is 1.83. The zero-order valence-electron chi connectivity index (χ0n) is 8.58. The maximum atomic E-state index is 10.7. The van der Waals surface area contributed by atoms with E-state index in [-0.39, 0.29) is 5.91 Å². The van der Waals surface area contributed by atoms with Gasteiger partial charge < -0.3 is 5.32 Å². The zero-order valence-corrected chi connectivity index (χ0v) is 8.58. The Morgan fingerprint density at radius 2 is 1.93 bits per heavy atom. The summed E-state index contributed by atoms with van der Waals surface area (Å²) < 4.78 is 0. The molecule has 0 aromatic heterocycles. The van der Waals surface area contributed by atoms with E-state index in [0.717, 1.165) is 11.1 Å². The molecule has 2 heteroatoms. The molecule has 0 aliphatic heterocycles. The number of benzene rings is 1. The average Bonchev–Trinajstić information content (AvgIpc) is 2.16. The highest BCUT2D eigenvalue weighted by atomic mass is 16.1. The van der Waals surface area contributed by atoms with Crippen LogP contribution < -0.4 is 5.32 Å². The molecule has 1 rings (SSSR count). The maximum Gasteiger partial charge on any atom is 0.217 e. The zero-order chi connectivity index (χ0) is 10.4. The summed E-state index contributed by atoms with van der Waals surface area (Å²) in [6, 6.07) is 10.1. The standard InChI is InChI=1S/C12H15NO/c1-10(9-13-11(2)14)8-12-6-4-3-5-7-12/h3-8H,9H2,1-2H3,(H,13,14)/b10-8-. The van der Waals surface area contributed by atoms with Crippen LogP contribution in [0, 0.1) is 0 Å². The number of carbonyl (C=O) groups excluding carboxylic acids is 1. The normalized spacial score (nSPS) is 11.1. The van der Waals surface area contributed by atoms with Crippen molar-refractivity contribution in [1.82, 2.24) is 5.32 Å². The summed E-state index contributed by atoms with van der Waals surface area (Å²) in [7, 11) is 0. The minimum absolute atomic E-state index is 0.00538. The number of nitrogens with one attached hydrogen (secondary N) is 1. The van der Waals surface area contributed by atoms with Gasteiger partial charge in [0.1, 0.15) is 0 Å². The summed E-state index contributed by atoms with van der Waals surface area (Å²) in [5, 5.41) is 2.76. The van der Waals surface area contributed by atoms with Crippen LogP contribution in [-0.4, -0.2) is 12.5 Å². The molecule has 0 bridgehead atoms. The van der Waals surface area contributed by atoms with Crippen molar-refractivity contribution in [3.05, 3.63) is 41.5 Å². The lowest BCUT2D eigenvalue weighted by Crippen LogP contribution is -2.21. The van der Waals surface area contributed by atoms with E-state index in [2.05, 4.69) is 11.4 Å². The van der Waals surface area contributed by atoms with Crippen LogP contribution in [0.2, 0.25) is 0 Å². The van der Waals surface area contributed by atoms with Crippen molar-refractivity contribution in [3.8, 4) is 0 Å². The average molecular weight is 189 g/mol. The summed E-state index contributed by atoms with van der Waals surface area (Å²) in [5.74, 6) is 0.00538.